The molecule has 16 heavy (non-hydrogen) atoms. The van der Waals surface area contributed by atoms with Crippen molar-refractivity contribution in [3.63, 3.8) is 0 Å². The predicted molar refractivity (Wildman–Crippen MR) is 70.6 cm³/mol. The molecule has 0 fully saturated rings. The number of hydrogen-bond donors (Lipinski definition) is 0. The molecule has 2 atom stereocenters. The number of rotatable bonds is 2. The van der Waals surface area contributed by atoms with Crippen LogP contribution in [0.15, 0.2) is 40.6 Å². The highest BCUT2D eigenvalue weighted by Gasteiger charge is 2.19. The van der Waals surface area contributed by atoms with Gasteiger partial charge in [-0.1, -0.05) is 44.6 Å². The van der Waals surface area contributed by atoms with Crippen molar-refractivity contribution in [1.82, 2.24) is 0 Å². The SMILES string of the molecule is CCC1=CC=C(C2=NC=CC(C)C2)CC1C. The van der Waals surface area contributed by atoms with Gasteiger partial charge < -0.3 is 0 Å². The van der Waals surface area contributed by atoms with Crippen molar-refractivity contribution in [2.75, 3.05) is 0 Å². The third-order valence-electron chi connectivity index (χ3n) is 3.60. The van der Waals surface area contributed by atoms with Gasteiger partial charge in [0, 0.05) is 11.9 Å². The largest absolute Gasteiger partial charge is 0.261 e. The highest BCUT2D eigenvalue weighted by molar-refractivity contribution is 6.01. The lowest BCUT2D eigenvalue weighted by Gasteiger charge is -2.23. The second-order valence-electron chi connectivity index (χ2n) is 4.99. The molecule has 1 nitrogen and oxygen atoms in total. The lowest BCUT2D eigenvalue weighted by Crippen LogP contribution is -2.15. The van der Waals surface area contributed by atoms with Crippen LogP contribution in [0.5, 0.6) is 0 Å². The Morgan fingerprint density at radius 3 is 2.69 bits per heavy atom. The maximum Gasteiger partial charge on any atom is 0.0441 e. The Bertz CT molecular complexity index is 382. The molecule has 2 unspecified atom stereocenters. The quantitative estimate of drug-likeness (QED) is 0.652. The molecule has 0 saturated carbocycles. The zero-order valence-corrected chi connectivity index (χ0v) is 10.5. The molecular formula is C15H21N. The minimum absolute atomic E-state index is 0.639. The fourth-order valence-electron chi connectivity index (χ4n) is 2.50. The molecule has 1 heteroatoms. The van der Waals surface area contributed by atoms with E-state index in [-0.39, 0.29) is 0 Å². The molecule has 1 aliphatic carbocycles. The van der Waals surface area contributed by atoms with Crippen LogP contribution in [0.25, 0.3) is 0 Å². The van der Waals surface area contributed by atoms with Gasteiger partial charge in [-0.15, -0.1) is 0 Å². The highest BCUT2D eigenvalue weighted by atomic mass is 14.7. The fourth-order valence-corrected chi connectivity index (χ4v) is 2.50. The van der Waals surface area contributed by atoms with Crippen molar-refractivity contribution in [2.45, 2.75) is 40.0 Å². The zero-order chi connectivity index (χ0) is 11.5. The minimum atomic E-state index is 0.639. The molecule has 1 heterocycles. The van der Waals surface area contributed by atoms with Crippen molar-refractivity contribution in [1.29, 1.82) is 0 Å². The van der Waals surface area contributed by atoms with Gasteiger partial charge in [0.15, 0.2) is 0 Å². The summed E-state index contributed by atoms with van der Waals surface area (Å²) in [6, 6.07) is 0. The molecule has 2 aliphatic rings. The lowest BCUT2D eigenvalue weighted by molar-refractivity contribution is 0.645. The summed E-state index contributed by atoms with van der Waals surface area (Å²) in [5.74, 6) is 1.33. The van der Waals surface area contributed by atoms with Crippen molar-refractivity contribution >= 4 is 5.71 Å². The Hall–Kier alpha value is -1.11. The molecule has 1 aliphatic heterocycles. The Morgan fingerprint density at radius 2 is 2.06 bits per heavy atom. The fraction of sp³-hybridized carbons (Fsp3) is 0.533. The summed E-state index contributed by atoms with van der Waals surface area (Å²) in [6.45, 7) is 6.82. The van der Waals surface area contributed by atoms with Crippen LogP contribution in [0.2, 0.25) is 0 Å². The monoisotopic (exact) mass is 215 g/mol. The highest BCUT2D eigenvalue weighted by Crippen LogP contribution is 2.29. The number of allylic oxidation sites excluding steroid dienone is 5. The lowest BCUT2D eigenvalue weighted by atomic mass is 9.83. The molecular weight excluding hydrogens is 194 g/mol. The summed E-state index contributed by atoms with van der Waals surface area (Å²) in [6.07, 6.45) is 12.2. The Balaban J connectivity index is 2.18. The minimum Gasteiger partial charge on any atom is -0.261 e. The molecule has 0 bridgehead atoms. The molecule has 0 aromatic rings. The predicted octanol–water partition coefficient (Wildman–Crippen LogP) is 4.28. The van der Waals surface area contributed by atoms with Gasteiger partial charge in [-0.2, -0.15) is 0 Å². The number of nitrogens with zero attached hydrogens (tertiary/aromatic N) is 1. The van der Waals surface area contributed by atoms with E-state index in [1.54, 1.807) is 5.57 Å². The smallest absolute Gasteiger partial charge is 0.0441 e. The molecule has 2 rings (SSSR count). The molecule has 0 amide bonds. The van der Waals surface area contributed by atoms with Crippen LogP contribution < -0.4 is 0 Å². The van der Waals surface area contributed by atoms with E-state index in [1.165, 1.54) is 24.1 Å². The molecule has 0 N–H and O–H groups in total. The van der Waals surface area contributed by atoms with E-state index >= 15 is 0 Å². The Labute approximate surface area is 98.7 Å². The van der Waals surface area contributed by atoms with Gasteiger partial charge in [0.25, 0.3) is 0 Å². The summed E-state index contributed by atoms with van der Waals surface area (Å²) < 4.78 is 0. The van der Waals surface area contributed by atoms with Gasteiger partial charge in [0.1, 0.15) is 0 Å². The first-order valence-corrected chi connectivity index (χ1v) is 6.34. The van der Waals surface area contributed by atoms with E-state index in [2.05, 4.69) is 44.0 Å². The van der Waals surface area contributed by atoms with Crippen LogP contribution in [0, 0.1) is 11.8 Å². The van der Waals surface area contributed by atoms with Crippen molar-refractivity contribution in [3.05, 3.63) is 35.6 Å². The topological polar surface area (TPSA) is 12.4 Å². The van der Waals surface area contributed by atoms with Crippen LogP contribution in [0.1, 0.15) is 40.0 Å². The van der Waals surface area contributed by atoms with Gasteiger partial charge in [0.2, 0.25) is 0 Å². The second kappa shape index (κ2) is 4.82. The van der Waals surface area contributed by atoms with Gasteiger partial charge in [-0.05, 0) is 36.7 Å². The first-order valence-electron chi connectivity index (χ1n) is 6.34. The van der Waals surface area contributed by atoms with E-state index in [0.29, 0.717) is 11.8 Å². The Kier molecular flexibility index (Phi) is 3.42. The molecule has 0 spiro atoms. The van der Waals surface area contributed by atoms with Crippen LogP contribution in [-0.2, 0) is 0 Å². The molecule has 0 aromatic carbocycles. The maximum atomic E-state index is 4.53. The van der Waals surface area contributed by atoms with E-state index < -0.39 is 0 Å². The third kappa shape index (κ3) is 2.34. The summed E-state index contributed by atoms with van der Waals surface area (Å²) in [7, 11) is 0. The van der Waals surface area contributed by atoms with E-state index in [1.807, 2.05) is 6.20 Å². The molecule has 0 aromatic heterocycles. The summed E-state index contributed by atoms with van der Waals surface area (Å²) in [4.78, 5) is 4.53. The van der Waals surface area contributed by atoms with Crippen LogP contribution in [-0.4, -0.2) is 5.71 Å². The van der Waals surface area contributed by atoms with Crippen molar-refractivity contribution < 1.29 is 0 Å². The number of hydrogen-bond acceptors (Lipinski definition) is 1. The average molecular weight is 215 g/mol. The second-order valence-corrected chi connectivity index (χ2v) is 4.99. The van der Waals surface area contributed by atoms with Gasteiger partial charge in [0.05, 0.1) is 0 Å². The van der Waals surface area contributed by atoms with Crippen LogP contribution in [0.3, 0.4) is 0 Å². The van der Waals surface area contributed by atoms with Crippen LogP contribution >= 0.6 is 0 Å². The third-order valence-corrected chi connectivity index (χ3v) is 3.60. The molecule has 0 radical (unpaired) electrons. The van der Waals surface area contributed by atoms with E-state index in [9.17, 15) is 0 Å². The summed E-state index contributed by atoms with van der Waals surface area (Å²) in [5, 5.41) is 0. The maximum absolute atomic E-state index is 4.53. The van der Waals surface area contributed by atoms with Crippen molar-refractivity contribution in [2.24, 2.45) is 16.8 Å². The first kappa shape index (κ1) is 11.4. The molecule has 86 valence electrons. The normalized spacial score (nSPS) is 29.6. The number of aliphatic imine (C=N–C) groups is 1. The zero-order valence-electron chi connectivity index (χ0n) is 10.5. The van der Waals surface area contributed by atoms with Gasteiger partial charge >= 0.3 is 0 Å². The van der Waals surface area contributed by atoms with Gasteiger partial charge in [-0.25, -0.2) is 0 Å². The molecule has 0 saturated heterocycles. The van der Waals surface area contributed by atoms with Crippen molar-refractivity contribution in [3.8, 4) is 0 Å². The van der Waals surface area contributed by atoms with E-state index in [0.717, 1.165) is 6.42 Å². The van der Waals surface area contributed by atoms with E-state index in [4.69, 9.17) is 0 Å². The summed E-state index contributed by atoms with van der Waals surface area (Å²) >= 11 is 0. The Morgan fingerprint density at radius 1 is 1.25 bits per heavy atom. The van der Waals surface area contributed by atoms with Gasteiger partial charge in [-0.3, -0.25) is 4.99 Å². The summed E-state index contributed by atoms with van der Waals surface area (Å²) in [5.41, 5.74) is 4.32. The standard InChI is InChI=1S/C15H21N/c1-4-13-5-6-14(10-12(13)3)15-9-11(2)7-8-16-15/h5-8,11-12H,4,9-10H2,1-3H3. The average Bonchev–Trinajstić information content (AvgIpc) is 2.29. The van der Waals surface area contributed by atoms with Crippen LogP contribution in [0.4, 0.5) is 0 Å². The first-order chi connectivity index (χ1) is 7.70.